The molecule has 0 unspecified atom stereocenters. The fourth-order valence-electron chi connectivity index (χ4n) is 2.83. The van der Waals surface area contributed by atoms with Gasteiger partial charge in [0.1, 0.15) is 5.75 Å². The highest BCUT2D eigenvalue weighted by Gasteiger charge is 2.13. The van der Waals surface area contributed by atoms with E-state index < -0.39 is 0 Å². The van der Waals surface area contributed by atoms with Crippen molar-refractivity contribution in [1.82, 2.24) is 9.97 Å². The minimum absolute atomic E-state index is 0.595. The van der Waals surface area contributed by atoms with Crippen molar-refractivity contribution in [2.45, 2.75) is 13.8 Å². The van der Waals surface area contributed by atoms with Crippen LogP contribution in [0.1, 0.15) is 11.1 Å². The zero-order valence-electron chi connectivity index (χ0n) is 13.5. The summed E-state index contributed by atoms with van der Waals surface area (Å²) in [6, 6.07) is 12.2. The Morgan fingerprint density at radius 3 is 2.79 bits per heavy atom. The van der Waals surface area contributed by atoms with Gasteiger partial charge in [-0.2, -0.15) is 11.3 Å². The molecular formula is C20H16N2OS. The van der Waals surface area contributed by atoms with Gasteiger partial charge in [0.2, 0.25) is 5.88 Å². The van der Waals surface area contributed by atoms with Gasteiger partial charge in [0.15, 0.2) is 0 Å². The van der Waals surface area contributed by atoms with Crippen LogP contribution in [0.4, 0.5) is 0 Å². The van der Waals surface area contributed by atoms with E-state index in [2.05, 4.69) is 52.8 Å². The molecule has 0 N–H and O–H groups in total. The summed E-state index contributed by atoms with van der Waals surface area (Å²) < 4.78 is 6.20. The van der Waals surface area contributed by atoms with Gasteiger partial charge >= 0.3 is 0 Å². The Hall–Kier alpha value is -2.72. The van der Waals surface area contributed by atoms with Gasteiger partial charge in [0.25, 0.3) is 0 Å². The first-order valence-corrected chi connectivity index (χ1v) is 8.67. The SMILES string of the molecule is Cc1cc(C)c(Oc2ccc3cnccc3n2)c(-c2ccsc2)c1. The van der Waals surface area contributed by atoms with Crippen molar-refractivity contribution < 1.29 is 4.74 Å². The van der Waals surface area contributed by atoms with E-state index in [0.29, 0.717) is 5.88 Å². The van der Waals surface area contributed by atoms with Crippen molar-refractivity contribution in [2.24, 2.45) is 0 Å². The van der Waals surface area contributed by atoms with E-state index in [1.807, 2.05) is 18.2 Å². The number of benzene rings is 1. The lowest BCUT2D eigenvalue weighted by Gasteiger charge is -2.14. The van der Waals surface area contributed by atoms with Gasteiger partial charge in [-0.1, -0.05) is 6.07 Å². The topological polar surface area (TPSA) is 35.0 Å². The fraction of sp³-hybridized carbons (Fsp3) is 0.100. The molecule has 3 aromatic heterocycles. The summed E-state index contributed by atoms with van der Waals surface area (Å²) in [5.41, 5.74) is 5.48. The van der Waals surface area contributed by atoms with Crippen LogP contribution in [-0.4, -0.2) is 9.97 Å². The number of hydrogen-bond donors (Lipinski definition) is 0. The maximum absolute atomic E-state index is 6.20. The van der Waals surface area contributed by atoms with E-state index in [4.69, 9.17) is 4.74 Å². The Morgan fingerprint density at radius 2 is 1.96 bits per heavy atom. The molecule has 24 heavy (non-hydrogen) atoms. The number of aryl methyl sites for hydroxylation is 2. The molecule has 0 radical (unpaired) electrons. The monoisotopic (exact) mass is 332 g/mol. The predicted molar refractivity (Wildman–Crippen MR) is 98.8 cm³/mol. The zero-order chi connectivity index (χ0) is 16.5. The zero-order valence-corrected chi connectivity index (χ0v) is 14.3. The molecule has 0 aliphatic rings. The summed E-state index contributed by atoms with van der Waals surface area (Å²) in [4.78, 5) is 8.72. The molecule has 118 valence electrons. The molecule has 4 rings (SSSR count). The van der Waals surface area contributed by atoms with Crippen molar-refractivity contribution in [1.29, 1.82) is 0 Å². The largest absolute Gasteiger partial charge is 0.438 e. The second-order valence-corrected chi connectivity index (χ2v) is 6.57. The third-order valence-corrected chi connectivity index (χ3v) is 4.60. The normalized spacial score (nSPS) is 10.9. The quantitative estimate of drug-likeness (QED) is 0.478. The van der Waals surface area contributed by atoms with E-state index in [1.165, 1.54) is 11.1 Å². The lowest BCUT2D eigenvalue weighted by atomic mass is 10.0. The van der Waals surface area contributed by atoms with Crippen LogP contribution < -0.4 is 4.74 Å². The Balaban J connectivity index is 1.81. The van der Waals surface area contributed by atoms with E-state index in [1.54, 1.807) is 23.7 Å². The Labute approximate surface area is 144 Å². The van der Waals surface area contributed by atoms with Crippen LogP contribution in [-0.2, 0) is 0 Å². The molecular weight excluding hydrogens is 316 g/mol. The molecule has 3 heterocycles. The highest BCUT2D eigenvalue weighted by atomic mass is 32.1. The van der Waals surface area contributed by atoms with Crippen molar-refractivity contribution >= 4 is 22.2 Å². The highest BCUT2D eigenvalue weighted by Crippen LogP contribution is 2.37. The van der Waals surface area contributed by atoms with Gasteiger partial charge in [-0.25, -0.2) is 4.98 Å². The first-order valence-electron chi connectivity index (χ1n) is 7.73. The molecule has 1 aromatic carbocycles. The average Bonchev–Trinajstić information content (AvgIpc) is 3.11. The molecule has 0 aliphatic carbocycles. The number of pyridine rings is 2. The first kappa shape index (κ1) is 14.8. The van der Waals surface area contributed by atoms with E-state index in [0.717, 1.165) is 27.8 Å². The highest BCUT2D eigenvalue weighted by molar-refractivity contribution is 7.08. The lowest BCUT2D eigenvalue weighted by Crippen LogP contribution is -1.94. The van der Waals surface area contributed by atoms with Crippen molar-refractivity contribution in [2.75, 3.05) is 0 Å². The summed E-state index contributed by atoms with van der Waals surface area (Å²) in [6.45, 7) is 4.18. The maximum atomic E-state index is 6.20. The second kappa shape index (κ2) is 6.06. The average molecular weight is 332 g/mol. The molecule has 4 aromatic rings. The van der Waals surface area contributed by atoms with Gasteiger partial charge in [0, 0.05) is 29.4 Å². The molecule has 4 heteroatoms. The summed E-state index contributed by atoms with van der Waals surface area (Å²) in [5, 5.41) is 5.22. The number of thiophene rings is 1. The number of aromatic nitrogens is 2. The van der Waals surface area contributed by atoms with Gasteiger partial charge < -0.3 is 4.74 Å². The van der Waals surface area contributed by atoms with Crippen LogP contribution in [0.15, 0.2) is 59.6 Å². The summed E-state index contributed by atoms with van der Waals surface area (Å²) in [5.74, 6) is 1.46. The minimum atomic E-state index is 0.595. The van der Waals surface area contributed by atoms with Gasteiger partial charge in [-0.15, -0.1) is 0 Å². The number of hydrogen-bond acceptors (Lipinski definition) is 4. The van der Waals surface area contributed by atoms with Crippen molar-refractivity contribution in [3.8, 4) is 22.8 Å². The number of nitrogens with zero attached hydrogens (tertiary/aromatic N) is 2. The molecule has 0 spiro atoms. The number of rotatable bonds is 3. The van der Waals surface area contributed by atoms with Gasteiger partial charge in [-0.3, -0.25) is 4.98 Å². The minimum Gasteiger partial charge on any atom is -0.438 e. The Kier molecular flexibility index (Phi) is 3.75. The maximum Gasteiger partial charge on any atom is 0.219 e. The summed E-state index contributed by atoms with van der Waals surface area (Å²) >= 11 is 1.68. The molecule has 0 saturated carbocycles. The van der Waals surface area contributed by atoms with Crippen LogP contribution in [0.5, 0.6) is 11.6 Å². The summed E-state index contributed by atoms with van der Waals surface area (Å²) in [7, 11) is 0. The van der Waals surface area contributed by atoms with Crippen LogP contribution in [0, 0.1) is 13.8 Å². The standard InChI is InChI=1S/C20H16N2OS/c1-13-9-14(2)20(17(10-13)16-6-8-24-12-16)23-19-4-3-15-11-21-7-5-18(15)22-19/h3-12H,1-2H3. The third-order valence-electron chi connectivity index (χ3n) is 3.92. The van der Waals surface area contributed by atoms with E-state index >= 15 is 0 Å². The van der Waals surface area contributed by atoms with Crippen LogP contribution in [0.3, 0.4) is 0 Å². The predicted octanol–water partition coefficient (Wildman–Crippen LogP) is 5.77. The molecule has 0 fully saturated rings. The molecule has 0 aliphatic heterocycles. The Bertz CT molecular complexity index is 1010. The van der Waals surface area contributed by atoms with Gasteiger partial charge in [0.05, 0.1) is 5.52 Å². The second-order valence-electron chi connectivity index (χ2n) is 5.79. The molecule has 0 amide bonds. The van der Waals surface area contributed by atoms with Crippen molar-refractivity contribution in [3.05, 3.63) is 70.7 Å². The molecule has 0 atom stereocenters. The lowest BCUT2D eigenvalue weighted by molar-refractivity contribution is 0.463. The summed E-state index contributed by atoms with van der Waals surface area (Å²) in [6.07, 6.45) is 3.55. The fourth-order valence-corrected chi connectivity index (χ4v) is 3.49. The van der Waals surface area contributed by atoms with Crippen LogP contribution >= 0.6 is 11.3 Å². The molecule has 3 nitrogen and oxygen atoms in total. The smallest absolute Gasteiger partial charge is 0.219 e. The van der Waals surface area contributed by atoms with E-state index in [9.17, 15) is 0 Å². The molecule has 0 bridgehead atoms. The van der Waals surface area contributed by atoms with Gasteiger partial charge in [-0.05, 0) is 65.6 Å². The van der Waals surface area contributed by atoms with Crippen molar-refractivity contribution in [3.63, 3.8) is 0 Å². The van der Waals surface area contributed by atoms with Crippen LogP contribution in [0.25, 0.3) is 22.0 Å². The van der Waals surface area contributed by atoms with E-state index in [-0.39, 0.29) is 0 Å². The van der Waals surface area contributed by atoms with Crippen LogP contribution in [0.2, 0.25) is 0 Å². The molecule has 0 saturated heterocycles. The number of ether oxygens (including phenoxy) is 1. The third kappa shape index (κ3) is 2.76. The first-order chi connectivity index (χ1) is 11.7. The number of fused-ring (bicyclic) bond motifs is 1. The Morgan fingerprint density at radius 1 is 1.04 bits per heavy atom.